The summed E-state index contributed by atoms with van der Waals surface area (Å²) in [5, 5.41) is 11.6. The Morgan fingerprint density at radius 3 is 2.40 bits per heavy atom. The molecule has 1 amide bonds. The summed E-state index contributed by atoms with van der Waals surface area (Å²) in [6, 6.07) is 7.47. The zero-order valence-electron chi connectivity index (χ0n) is 11.3. The van der Waals surface area contributed by atoms with E-state index >= 15 is 0 Å². The Labute approximate surface area is 118 Å². The van der Waals surface area contributed by atoms with Crippen LogP contribution >= 0.6 is 0 Å². The number of aryl methyl sites for hydroxylation is 1. The van der Waals surface area contributed by atoms with Gasteiger partial charge in [0, 0.05) is 18.0 Å². The van der Waals surface area contributed by atoms with E-state index in [1.54, 1.807) is 0 Å². The largest absolute Gasteiger partial charge is 0.481 e. The summed E-state index contributed by atoms with van der Waals surface area (Å²) in [6.07, 6.45) is 4.35. The van der Waals surface area contributed by atoms with Gasteiger partial charge < -0.3 is 10.4 Å². The topological polar surface area (TPSA) is 66.4 Å². The number of fused-ring (bicyclic) bond motifs is 1. The van der Waals surface area contributed by atoms with Gasteiger partial charge in [0.05, 0.1) is 0 Å². The Kier molecular flexibility index (Phi) is 3.47. The van der Waals surface area contributed by atoms with Gasteiger partial charge in [-0.3, -0.25) is 9.59 Å². The van der Waals surface area contributed by atoms with Crippen molar-refractivity contribution in [3.8, 4) is 0 Å². The van der Waals surface area contributed by atoms with Crippen LogP contribution in [0.5, 0.6) is 0 Å². The summed E-state index contributed by atoms with van der Waals surface area (Å²) in [7, 11) is 0. The van der Waals surface area contributed by atoms with Gasteiger partial charge in [-0.25, -0.2) is 0 Å². The third-order valence-corrected chi connectivity index (χ3v) is 4.56. The summed E-state index contributed by atoms with van der Waals surface area (Å²) in [5.41, 5.74) is 1.78. The standard InChI is InChI=1S/C16H19NO3/c18-14(19)9-6-10-4-7-11(8-5-10)17-16(20)15-12-2-1-3-13(12)15/h4-5,7-8,12-13,15H,1-3,6,9H2,(H,17,20)(H,18,19)/t12-,13-/m0/s1. The SMILES string of the molecule is O=C(O)CCc1ccc(NC(=O)C2[C@H]3CCC[C@H]23)cc1. The summed E-state index contributed by atoms with van der Waals surface area (Å²) < 4.78 is 0. The molecule has 2 aliphatic rings. The molecule has 0 aliphatic heterocycles. The first-order valence-electron chi connectivity index (χ1n) is 7.27. The van der Waals surface area contributed by atoms with Gasteiger partial charge in [0.25, 0.3) is 0 Å². The molecule has 4 nitrogen and oxygen atoms in total. The number of nitrogens with one attached hydrogen (secondary N) is 1. The van der Waals surface area contributed by atoms with Crippen molar-refractivity contribution >= 4 is 17.6 Å². The van der Waals surface area contributed by atoms with E-state index in [1.165, 1.54) is 19.3 Å². The molecule has 2 atom stereocenters. The lowest BCUT2D eigenvalue weighted by atomic mass is 10.1. The molecule has 0 radical (unpaired) electrons. The molecule has 0 aromatic heterocycles. The average Bonchev–Trinajstić information content (AvgIpc) is 2.92. The van der Waals surface area contributed by atoms with E-state index in [1.807, 2.05) is 24.3 Å². The second-order valence-corrected chi connectivity index (χ2v) is 5.86. The van der Waals surface area contributed by atoms with Gasteiger partial charge in [0.2, 0.25) is 5.91 Å². The lowest BCUT2D eigenvalue weighted by Gasteiger charge is -2.07. The summed E-state index contributed by atoms with van der Waals surface area (Å²) in [6.45, 7) is 0. The zero-order chi connectivity index (χ0) is 14.1. The van der Waals surface area contributed by atoms with Crippen molar-refractivity contribution in [2.45, 2.75) is 32.1 Å². The van der Waals surface area contributed by atoms with Crippen LogP contribution in [0.2, 0.25) is 0 Å². The quantitative estimate of drug-likeness (QED) is 0.866. The van der Waals surface area contributed by atoms with Crippen molar-refractivity contribution < 1.29 is 14.7 Å². The molecular weight excluding hydrogens is 254 g/mol. The van der Waals surface area contributed by atoms with Crippen LogP contribution in [-0.4, -0.2) is 17.0 Å². The molecule has 0 heterocycles. The van der Waals surface area contributed by atoms with Crippen molar-refractivity contribution in [1.82, 2.24) is 0 Å². The molecule has 1 aromatic rings. The normalized spacial score (nSPS) is 26.9. The molecule has 2 N–H and O–H groups in total. The maximum Gasteiger partial charge on any atom is 0.303 e. The number of anilines is 1. The number of carbonyl (C=O) groups is 2. The maximum atomic E-state index is 12.1. The van der Waals surface area contributed by atoms with Crippen molar-refractivity contribution in [3.63, 3.8) is 0 Å². The zero-order valence-corrected chi connectivity index (χ0v) is 11.3. The monoisotopic (exact) mass is 273 g/mol. The predicted molar refractivity (Wildman–Crippen MR) is 75.3 cm³/mol. The maximum absolute atomic E-state index is 12.1. The Hall–Kier alpha value is -1.84. The number of carbonyl (C=O) groups excluding carboxylic acids is 1. The van der Waals surface area contributed by atoms with E-state index in [0.29, 0.717) is 18.3 Å². The minimum Gasteiger partial charge on any atom is -0.481 e. The molecule has 0 unspecified atom stereocenters. The van der Waals surface area contributed by atoms with E-state index in [-0.39, 0.29) is 18.2 Å². The molecule has 2 saturated carbocycles. The van der Waals surface area contributed by atoms with Gasteiger partial charge in [-0.05, 0) is 48.8 Å². The smallest absolute Gasteiger partial charge is 0.303 e. The second kappa shape index (κ2) is 5.27. The lowest BCUT2D eigenvalue weighted by Crippen LogP contribution is -2.16. The third-order valence-electron chi connectivity index (χ3n) is 4.56. The number of amides is 1. The highest BCUT2D eigenvalue weighted by atomic mass is 16.4. The van der Waals surface area contributed by atoms with Crippen LogP contribution in [0.4, 0.5) is 5.69 Å². The molecule has 0 saturated heterocycles. The highest BCUT2D eigenvalue weighted by molar-refractivity contribution is 5.95. The number of hydrogen-bond acceptors (Lipinski definition) is 2. The molecule has 20 heavy (non-hydrogen) atoms. The van der Waals surface area contributed by atoms with Crippen molar-refractivity contribution in [2.24, 2.45) is 17.8 Å². The summed E-state index contributed by atoms with van der Waals surface area (Å²) >= 11 is 0. The van der Waals surface area contributed by atoms with Crippen molar-refractivity contribution in [3.05, 3.63) is 29.8 Å². The third kappa shape index (κ3) is 2.69. The van der Waals surface area contributed by atoms with E-state index in [0.717, 1.165) is 11.3 Å². The van der Waals surface area contributed by atoms with Gasteiger partial charge in [0.1, 0.15) is 0 Å². The van der Waals surface area contributed by atoms with E-state index in [4.69, 9.17) is 5.11 Å². The highest BCUT2D eigenvalue weighted by Crippen LogP contribution is 2.57. The first-order chi connectivity index (χ1) is 9.65. The lowest BCUT2D eigenvalue weighted by molar-refractivity contribution is -0.137. The van der Waals surface area contributed by atoms with Crippen LogP contribution in [0.3, 0.4) is 0 Å². The van der Waals surface area contributed by atoms with Crippen molar-refractivity contribution in [2.75, 3.05) is 5.32 Å². The van der Waals surface area contributed by atoms with Gasteiger partial charge in [0.15, 0.2) is 0 Å². The van der Waals surface area contributed by atoms with Crippen LogP contribution in [-0.2, 0) is 16.0 Å². The number of carboxylic acids is 1. The fourth-order valence-corrected chi connectivity index (χ4v) is 3.44. The van der Waals surface area contributed by atoms with Gasteiger partial charge >= 0.3 is 5.97 Å². The van der Waals surface area contributed by atoms with Crippen LogP contribution in [0, 0.1) is 17.8 Å². The van der Waals surface area contributed by atoms with Crippen LogP contribution in [0.15, 0.2) is 24.3 Å². The van der Waals surface area contributed by atoms with Gasteiger partial charge in [-0.2, -0.15) is 0 Å². The first-order valence-corrected chi connectivity index (χ1v) is 7.27. The van der Waals surface area contributed by atoms with Crippen molar-refractivity contribution in [1.29, 1.82) is 0 Å². The average molecular weight is 273 g/mol. The fourth-order valence-electron chi connectivity index (χ4n) is 3.44. The highest BCUT2D eigenvalue weighted by Gasteiger charge is 2.56. The fraction of sp³-hybridized carbons (Fsp3) is 0.500. The molecular formula is C16H19NO3. The van der Waals surface area contributed by atoms with Crippen LogP contribution < -0.4 is 5.32 Å². The van der Waals surface area contributed by atoms with Gasteiger partial charge in [-0.1, -0.05) is 18.6 Å². The van der Waals surface area contributed by atoms with E-state index in [2.05, 4.69) is 5.32 Å². The van der Waals surface area contributed by atoms with Gasteiger partial charge in [-0.15, -0.1) is 0 Å². The van der Waals surface area contributed by atoms with Crippen LogP contribution in [0.1, 0.15) is 31.2 Å². The minimum atomic E-state index is -0.789. The van der Waals surface area contributed by atoms with E-state index in [9.17, 15) is 9.59 Å². The summed E-state index contributed by atoms with van der Waals surface area (Å²) in [5.74, 6) is 0.853. The summed E-state index contributed by atoms with van der Waals surface area (Å²) in [4.78, 5) is 22.6. The van der Waals surface area contributed by atoms with Crippen LogP contribution in [0.25, 0.3) is 0 Å². The second-order valence-electron chi connectivity index (χ2n) is 5.86. The molecule has 2 fully saturated rings. The number of carboxylic acid groups (broad SMARTS) is 1. The predicted octanol–water partition coefficient (Wildman–Crippen LogP) is 2.69. The Morgan fingerprint density at radius 1 is 1.15 bits per heavy atom. The number of rotatable bonds is 5. The Balaban J connectivity index is 1.53. The molecule has 106 valence electrons. The number of hydrogen-bond donors (Lipinski definition) is 2. The molecule has 0 spiro atoms. The molecule has 1 aromatic carbocycles. The number of benzene rings is 1. The van der Waals surface area contributed by atoms with E-state index < -0.39 is 5.97 Å². The molecule has 2 aliphatic carbocycles. The number of aliphatic carboxylic acids is 1. The molecule has 0 bridgehead atoms. The first kappa shape index (κ1) is 13.2. The molecule has 3 rings (SSSR count). The molecule has 4 heteroatoms. The Bertz CT molecular complexity index is 513. The minimum absolute atomic E-state index is 0.136. The Morgan fingerprint density at radius 2 is 1.80 bits per heavy atom.